The molecule has 3 heterocycles. The van der Waals surface area contributed by atoms with Crippen LogP contribution in [-0.2, 0) is 26.3 Å². The summed E-state index contributed by atoms with van der Waals surface area (Å²) in [7, 11) is 0. The van der Waals surface area contributed by atoms with Crippen molar-refractivity contribution in [2.75, 3.05) is 13.2 Å². The molecule has 1 aromatic rings. The summed E-state index contributed by atoms with van der Waals surface area (Å²) in [5, 5.41) is 0. The SMILES string of the molecule is CC(C)[C@H]1COC(c2cccc(C3=N[C@@H](C(C)C)CO3)n2)=N1.[Cl-].[Cl-].[Cl-].[Co+3]. The van der Waals surface area contributed by atoms with Crippen molar-refractivity contribution in [1.82, 2.24) is 4.98 Å². The minimum atomic E-state index is 0. The molecule has 5 nitrogen and oxygen atoms in total. The Morgan fingerprint density at radius 1 is 0.808 bits per heavy atom. The smallest absolute Gasteiger partial charge is 1.00 e. The van der Waals surface area contributed by atoms with Crippen LogP contribution in [0.15, 0.2) is 28.2 Å². The van der Waals surface area contributed by atoms with Crippen LogP contribution < -0.4 is 37.2 Å². The Kier molecular flexibility index (Phi) is 12.8. The molecule has 0 saturated carbocycles. The molecule has 0 radical (unpaired) electrons. The van der Waals surface area contributed by atoms with Crippen molar-refractivity contribution >= 4 is 11.8 Å². The maximum Gasteiger partial charge on any atom is 3.00 e. The summed E-state index contributed by atoms with van der Waals surface area (Å²) < 4.78 is 11.4. The average molecular weight is 467 g/mol. The minimum absolute atomic E-state index is 0. The summed E-state index contributed by atoms with van der Waals surface area (Å²) in [5.74, 6) is 2.18. The third kappa shape index (κ3) is 6.27. The van der Waals surface area contributed by atoms with Crippen LogP contribution in [0, 0.1) is 11.8 Å². The summed E-state index contributed by atoms with van der Waals surface area (Å²) in [6.07, 6.45) is 0. The van der Waals surface area contributed by atoms with Gasteiger partial charge in [-0.25, -0.2) is 15.0 Å². The second kappa shape index (κ2) is 12.0. The number of hydrogen-bond acceptors (Lipinski definition) is 5. The van der Waals surface area contributed by atoms with Gasteiger partial charge in [0, 0.05) is 0 Å². The number of nitrogens with zero attached hydrogens (tertiary/aromatic N) is 3. The summed E-state index contributed by atoms with van der Waals surface area (Å²) in [5.41, 5.74) is 1.50. The van der Waals surface area contributed by atoms with Gasteiger partial charge >= 0.3 is 16.8 Å². The van der Waals surface area contributed by atoms with Gasteiger partial charge in [-0.05, 0) is 24.0 Å². The monoisotopic (exact) mass is 465 g/mol. The summed E-state index contributed by atoms with van der Waals surface area (Å²) in [6.45, 7) is 9.86. The van der Waals surface area contributed by atoms with Crippen molar-refractivity contribution in [2.24, 2.45) is 21.8 Å². The van der Waals surface area contributed by atoms with Gasteiger partial charge in [0.15, 0.2) is 0 Å². The molecule has 1 aromatic heterocycles. The van der Waals surface area contributed by atoms with Crippen molar-refractivity contribution in [3.05, 3.63) is 29.6 Å². The van der Waals surface area contributed by atoms with Crippen molar-refractivity contribution in [3.8, 4) is 0 Å². The molecule has 0 bridgehead atoms. The van der Waals surface area contributed by atoms with E-state index in [-0.39, 0.29) is 66.1 Å². The van der Waals surface area contributed by atoms with Gasteiger partial charge in [-0.15, -0.1) is 0 Å². The van der Waals surface area contributed by atoms with E-state index in [9.17, 15) is 0 Å². The van der Waals surface area contributed by atoms with Gasteiger partial charge in [0.1, 0.15) is 24.6 Å². The van der Waals surface area contributed by atoms with Gasteiger partial charge in [0.2, 0.25) is 11.8 Å². The van der Waals surface area contributed by atoms with Crippen LogP contribution in [0.4, 0.5) is 0 Å². The van der Waals surface area contributed by atoms with Crippen molar-refractivity contribution in [3.63, 3.8) is 0 Å². The maximum absolute atomic E-state index is 5.70. The van der Waals surface area contributed by atoms with Crippen LogP contribution in [0.1, 0.15) is 39.1 Å². The molecule has 0 aliphatic carbocycles. The molecule has 0 spiro atoms. The van der Waals surface area contributed by atoms with Gasteiger partial charge in [0.05, 0.1) is 12.1 Å². The zero-order valence-corrected chi connectivity index (χ0v) is 18.4. The van der Waals surface area contributed by atoms with E-state index in [1.54, 1.807) is 0 Å². The van der Waals surface area contributed by atoms with Crippen LogP contribution in [0.25, 0.3) is 0 Å². The fourth-order valence-corrected chi connectivity index (χ4v) is 2.42. The van der Waals surface area contributed by atoms with E-state index in [4.69, 9.17) is 9.47 Å². The normalized spacial score (nSPS) is 20.5. The Morgan fingerprint density at radius 2 is 1.19 bits per heavy atom. The fraction of sp³-hybridized carbons (Fsp3) is 0.588. The predicted octanol–water partition coefficient (Wildman–Crippen LogP) is -6.31. The molecule has 26 heavy (non-hydrogen) atoms. The predicted molar refractivity (Wildman–Crippen MR) is 86.5 cm³/mol. The molecule has 2 aliphatic rings. The molecule has 9 heteroatoms. The van der Waals surface area contributed by atoms with Gasteiger partial charge < -0.3 is 46.7 Å². The number of halogens is 3. The third-order valence-electron chi connectivity index (χ3n) is 4.07. The van der Waals surface area contributed by atoms with Crippen LogP contribution in [0.2, 0.25) is 0 Å². The number of aromatic nitrogens is 1. The molecular weight excluding hydrogens is 443 g/mol. The van der Waals surface area contributed by atoms with Crippen LogP contribution in [0.3, 0.4) is 0 Å². The van der Waals surface area contributed by atoms with E-state index in [0.717, 1.165) is 11.4 Å². The first-order chi connectivity index (χ1) is 10.5. The van der Waals surface area contributed by atoms with Gasteiger partial charge in [-0.3, -0.25) is 0 Å². The van der Waals surface area contributed by atoms with Crippen molar-refractivity contribution < 1.29 is 63.5 Å². The summed E-state index contributed by atoms with van der Waals surface area (Å²) in [4.78, 5) is 13.9. The maximum atomic E-state index is 5.70. The van der Waals surface area contributed by atoms with Crippen molar-refractivity contribution in [2.45, 2.75) is 39.8 Å². The van der Waals surface area contributed by atoms with E-state index in [0.29, 0.717) is 36.8 Å². The van der Waals surface area contributed by atoms with Crippen LogP contribution in [0.5, 0.6) is 0 Å². The van der Waals surface area contributed by atoms with Crippen molar-refractivity contribution in [1.29, 1.82) is 0 Å². The molecule has 0 amide bonds. The van der Waals surface area contributed by atoms with E-state index in [1.807, 2.05) is 18.2 Å². The first kappa shape index (κ1) is 27.7. The zero-order valence-electron chi connectivity index (χ0n) is 15.1. The van der Waals surface area contributed by atoms with Gasteiger partial charge in [0.25, 0.3) is 0 Å². The van der Waals surface area contributed by atoms with E-state index >= 15 is 0 Å². The Hall–Kier alpha value is -0.534. The third-order valence-corrected chi connectivity index (χ3v) is 4.07. The number of pyridine rings is 1. The molecule has 2 aliphatic heterocycles. The molecule has 0 fully saturated rings. The minimum Gasteiger partial charge on any atom is -1.00 e. The van der Waals surface area contributed by atoms with E-state index in [2.05, 4.69) is 42.7 Å². The Labute approximate surface area is 184 Å². The molecule has 0 N–H and O–H groups in total. The average Bonchev–Trinajstić information content (AvgIpc) is 3.17. The molecule has 148 valence electrons. The van der Waals surface area contributed by atoms with E-state index in [1.165, 1.54) is 0 Å². The molecular formula is C17H23Cl3CoN3O2. The number of aliphatic imine (C=N–C) groups is 2. The molecule has 2 atom stereocenters. The number of hydrogen-bond donors (Lipinski definition) is 0. The summed E-state index contributed by atoms with van der Waals surface area (Å²) >= 11 is 0. The molecule has 0 aromatic carbocycles. The zero-order chi connectivity index (χ0) is 15.7. The Morgan fingerprint density at radius 3 is 1.50 bits per heavy atom. The Balaban J connectivity index is 0. The number of rotatable bonds is 4. The number of ether oxygens (including phenoxy) is 2. The molecule has 3 rings (SSSR count). The topological polar surface area (TPSA) is 56.1 Å². The van der Waals surface area contributed by atoms with Gasteiger partial charge in [-0.2, -0.15) is 0 Å². The largest absolute Gasteiger partial charge is 3.00 e. The second-order valence-electron chi connectivity index (χ2n) is 6.52. The standard InChI is InChI=1S/C17H23N3O2.3ClH.Co/c1-10(2)14-8-21-16(19-14)12-6-5-7-13(18-12)17-20-15(9-22-17)11(3)4;;;;/h5-7,10-11,14-15H,8-9H2,1-4H3;3*1H;/q;;;;+3/p-3/t14-,15-;;;;/m1..../s1. The molecule has 0 unspecified atom stereocenters. The summed E-state index contributed by atoms with van der Waals surface area (Å²) in [6, 6.07) is 6.21. The van der Waals surface area contributed by atoms with E-state index < -0.39 is 0 Å². The first-order valence-electron chi connectivity index (χ1n) is 7.93. The quantitative estimate of drug-likeness (QED) is 0.444. The van der Waals surface area contributed by atoms with Gasteiger partial charge in [-0.1, -0.05) is 33.8 Å². The first-order valence-corrected chi connectivity index (χ1v) is 7.93. The molecule has 0 saturated heterocycles. The van der Waals surface area contributed by atoms with Crippen LogP contribution >= 0.6 is 0 Å². The second-order valence-corrected chi connectivity index (χ2v) is 6.52. The fourth-order valence-electron chi connectivity index (χ4n) is 2.42. The Bertz CT molecular complexity index is 578. The van der Waals surface area contributed by atoms with Crippen LogP contribution in [-0.4, -0.2) is 42.1 Å².